The Labute approximate surface area is 99.4 Å². The number of phenolic OH excluding ortho intramolecular Hbond substituents is 1. The summed E-state index contributed by atoms with van der Waals surface area (Å²) in [4.78, 5) is 0. The number of ether oxygens (including phenoxy) is 1. The lowest BCUT2D eigenvalue weighted by molar-refractivity contribution is 0.370. The maximum absolute atomic E-state index is 9.81. The van der Waals surface area contributed by atoms with Crippen molar-refractivity contribution in [3.63, 3.8) is 0 Å². The summed E-state index contributed by atoms with van der Waals surface area (Å²) in [6, 6.07) is 5.64. The summed E-state index contributed by atoms with van der Waals surface area (Å²) >= 11 is 3.40. The first-order valence-corrected chi connectivity index (χ1v) is 6.32. The van der Waals surface area contributed by atoms with Crippen molar-refractivity contribution in [2.75, 3.05) is 12.4 Å². The summed E-state index contributed by atoms with van der Waals surface area (Å²) in [5.41, 5.74) is 0.976. The van der Waals surface area contributed by atoms with Crippen LogP contribution in [0.25, 0.3) is 0 Å². The van der Waals surface area contributed by atoms with Crippen molar-refractivity contribution in [1.82, 2.24) is 0 Å². The smallest absolute Gasteiger partial charge is 0.160 e. The third-order valence-electron chi connectivity index (χ3n) is 2.38. The van der Waals surface area contributed by atoms with Gasteiger partial charge < -0.3 is 9.84 Å². The maximum atomic E-state index is 9.81. The number of aromatic hydroxyl groups is 1. The zero-order valence-corrected chi connectivity index (χ0v) is 10.6. The number of methoxy groups -OCH3 is 1. The Morgan fingerprint density at radius 1 is 1.27 bits per heavy atom. The van der Waals surface area contributed by atoms with Crippen LogP contribution in [0.15, 0.2) is 18.2 Å². The number of benzene rings is 1. The van der Waals surface area contributed by atoms with E-state index in [0.29, 0.717) is 11.5 Å². The number of unbranched alkanes of at least 4 members (excludes halogenated alkanes) is 2. The highest BCUT2D eigenvalue weighted by molar-refractivity contribution is 9.09. The van der Waals surface area contributed by atoms with Crippen LogP contribution >= 0.6 is 15.9 Å². The highest BCUT2D eigenvalue weighted by atomic mass is 79.9. The third kappa shape index (κ3) is 3.74. The van der Waals surface area contributed by atoms with Crippen LogP contribution in [0.5, 0.6) is 11.5 Å². The number of alkyl halides is 1. The van der Waals surface area contributed by atoms with Crippen LogP contribution in [0, 0.1) is 0 Å². The van der Waals surface area contributed by atoms with Gasteiger partial charge in [-0.3, -0.25) is 0 Å². The molecule has 0 spiro atoms. The maximum Gasteiger partial charge on any atom is 0.160 e. The topological polar surface area (TPSA) is 29.5 Å². The fourth-order valence-corrected chi connectivity index (χ4v) is 1.92. The molecular weight excluding hydrogens is 256 g/mol. The van der Waals surface area contributed by atoms with Crippen LogP contribution in [-0.4, -0.2) is 17.5 Å². The van der Waals surface area contributed by atoms with E-state index in [0.717, 1.165) is 23.7 Å². The summed E-state index contributed by atoms with van der Waals surface area (Å²) in [5.74, 6) is 0.854. The molecule has 0 fully saturated rings. The first kappa shape index (κ1) is 12.4. The lowest BCUT2D eigenvalue weighted by Crippen LogP contribution is -1.90. The largest absolute Gasteiger partial charge is 0.504 e. The van der Waals surface area contributed by atoms with Crippen LogP contribution in [0.3, 0.4) is 0 Å². The Kier molecular flexibility index (Phi) is 5.54. The van der Waals surface area contributed by atoms with E-state index in [4.69, 9.17) is 4.74 Å². The lowest BCUT2D eigenvalue weighted by Gasteiger charge is -2.08. The van der Waals surface area contributed by atoms with Gasteiger partial charge in [0.15, 0.2) is 11.5 Å². The number of para-hydroxylation sites is 1. The zero-order valence-electron chi connectivity index (χ0n) is 9.00. The molecule has 0 aromatic heterocycles. The Morgan fingerprint density at radius 3 is 2.73 bits per heavy atom. The number of aryl methyl sites for hydroxylation is 1. The molecular formula is C12H17BrO2. The minimum absolute atomic E-state index is 0.291. The molecule has 0 amide bonds. The van der Waals surface area contributed by atoms with Crippen LogP contribution in [0.2, 0.25) is 0 Å². The van der Waals surface area contributed by atoms with Gasteiger partial charge in [-0.05, 0) is 30.9 Å². The SMILES string of the molecule is COc1cccc(CCCCCBr)c1O. The molecule has 3 heteroatoms. The minimum atomic E-state index is 0.291. The van der Waals surface area contributed by atoms with E-state index in [-0.39, 0.29) is 0 Å². The highest BCUT2D eigenvalue weighted by Gasteiger charge is 2.06. The predicted molar refractivity (Wildman–Crippen MR) is 66.0 cm³/mol. The summed E-state index contributed by atoms with van der Waals surface area (Å²) in [6.45, 7) is 0. The normalized spacial score (nSPS) is 10.3. The van der Waals surface area contributed by atoms with Gasteiger partial charge in [0.05, 0.1) is 7.11 Å². The van der Waals surface area contributed by atoms with Gasteiger partial charge in [0.2, 0.25) is 0 Å². The lowest BCUT2D eigenvalue weighted by atomic mass is 10.1. The van der Waals surface area contributed by atoms with Crippen molar-refractivity contribution < 1.29 is 9.84 Å². The van der Waals surface area contributed by atoms with Gasteiger partial charge in [0, 0.05) is 5.33 Å². The Balaban J connectivity index is 2.53. The van der Waals surface area contributed by atoms with E-state index in [1.807, 2.05) is 12.1 Å². The van der Waals surface area contributed by atoms with E-state index < -0.39 is 0 Å². The highest BCUT2D eigenvalue weighted by Crippen LogP contribution is 2.30. The van der Waals surface area contributed by atoms with E-state index in [2.05, 4.69) is 15.9 Å². The Morgan fingerprint density at radius 2 is 2.07 bits per heavy atom. The second kappa shape index (κ2) is 6.72. The summed E-state index contributed by atoms with van der Waals surface area (Å²) < 4.78 is 5.06. The Bertz CT molecular complexity index is 300. The molecule has 2 nitrogen and oxygen atoms in total. The number of halogens is 1. The van der Waals surface area contributed by atoms with Crippen molar-refractivity contribution in [2.24, 2.45) is 0 Å². The first-order valence-electron chi connectivity index (χ1n) is 5.20. The minimum Gasteiger partial charge on any atom is -0.504 e. The fraction of sp³-hybridized carbons (Fsp3) is 0.500. The average molecular weight is 273 g/mol. The number of phenols is 1. The molecule has 1 aromatic rings. The Hall–Kier alpha value is -0.700. The number of rotatable bonds is 6. The van der Waals surface area contributed by atoms with Crippen LogP contribution < -0.4 is 4.74 Å². The molecule has 0 saturated carbocycles. The molecule has 15 heavy (non-hydrogen) atoms. The van der Waals surface area contributed by atoms with Gasteiger partial charge in [-0.15, -0.1) is 0 Å². The van der Waals surface area contributed by atoms with Crippen molar-refractivity contribution >= 4 is 15.9 Å². The van der Waals surface area contributed by atoms with Crippen molar-refractivity contribution in [2.45, 2.75) is 25.7 Å². The molecule has 0 bridgehead atoms. The van der Waals surface area contributed by atoms with Crippen molar-refractivity contribution in [1.29, 1.82) is 0 Å². The van der Waals surface area contributed by atoms with Crippen LogP contribution in [0.4, 0.5) is 0 Å². The van der Waals surface area contributed by atoms with Gasteiger partial charge in [-0.25, -0.2) is 0 Å². The summed E-state index contributed by atoms with van der Waals surface area (Å²) in [6.07, 6.45) is 4.38. The number of hydrogen-bond donors (Lipinski definition) is 1. The van der Waals surface area contributed by atoms with Gasteiger partial charge in [-0.2, -0.15) is 0 Å². The molecule has 1 aromatic carbocycles. The quantitative estimate of drug-likeness (QED) is 0.635. The molecule has 0 heterocycles. The molecule has 0 aliphatic carbocycles. The van der Waals surface area contributed by atoms with E-state index in [9.17, 15) is 5.11 Å². The second-order valence-corrected chi connectivity index (χ2v) is 4.26. The van der Waals surface area contributed by atoms with Gasteiger partial charge in [0.1, 0.15) is 0 Å². The molecule has 0 aliphatic heterocycles. The van der Waals surface area contributed by atoms with Crippen molar-refractivity contribution in [3.05, 3.63) is 23.8 Å². The molecule has 0 aliphatic rings. The third-order valence-corrected chi connectivity index (χ3v) is 2.94. The molecule has 0 radical (unpaired) electrons. The van der Waals surface area contributed by atoms with Crippen LogP contribution in [0.1, 0.15) is 24.8 Å². The van der Waals surface area contributed by atoms with E-state index in [1.54, 1.807) is 13.2 Å². The number of hydrogen-bond acceptors (Lipinski definition) is 2. The molecule has 0 atom stereocenters. The predicted octanol–water partition coefficient (Wildman–Crippen LogP) is 3.51. The molecule has 1 N–H and O–H groups in total. The van der Waals surface area contributed by atoms with Gasteiger partial charge in [-0.1, -0.05) is 34.5 Å². The second-order valence-electron chi connectivity index (χ2n) is 3.47. The average Bonchev–Trinajstić information content (AvgIpc) is 2.26. The molecule has 1 rings (SSSR count). The molecule has 84 valence electrons. The fourth-order valence-electron chi connectivity index (χ4n) is 1.52. The molecule has 0 unspecified atom stereocenters. The van der Waals surface area contributed by atoms with E-state index >= 15 is 0 Å². The van der Waals surface area contributed by atoms with Gasteiger partial charge in [0.25, 0.3) is 0 Å². The summed E-state index contributed by atoms with van der Waals surface area (Å²) in [5, 5.41) is 10.9. The summed E-state index contributed by atoms with van der Waals surface area (Å²) in [7, 11) is 1.57. The first-order chi connectivity index (χ1) is 7.29. The van der Waals surface area contributed by atoms with Crippen molar-refractivity contribution in [3.8, 4) is 11.5 Å². The molecule has 0 saturated heterocycles. The zero-order chi connectivity index (χ0) is 11.1. The van der Waals surface area contributed by atoms with Crippen LogP contribution in [-0.2, 0) is 6.42 Å². The van der Waals surface area contributed by atoms with Gasteiger partial charge >= 0.3 is 0 Å². The van der Waals surface area contributed by atoms with E-state index in [1.165, 1.54) is 12.8 Å². The monoisotopic (exact) mass is 272 g/mol. The standard InChI is InChI=1S/C12H17BrO2/c1-15-11-8-5-7-10(12(11)14)6-3-2-4-9-13/h5,7-8,14H,2-4,6,9H2,1H3.